The molecular weight excluding hydrogens is 377 g/mol. The lowest BCUT2D eigenvalue weighted by molar-refractivity contribution is -0.137. The van der Waals surface area contributed by atoms with Crippen molar-refractivity contribution < 1.29 is 27.4 Å². The van der Waals surface area contributed by atoms with Crippen molar-refractivity contribution in [1.29, 1.82) is 0 Å². The van der Waals surface area contributed by atoms with Gasteiger partial charge in [-0.05, 0) is 42.5 Å². The molecular formula is C18H15F3N4O3. The van der Waals surface area contributed by atoms with E-state index >= 15 is 0 Å². The molecule has 2 aromatic carbocycles. The van der Waals surface area contributed by atoms with E-state index in [1.54, 1.807) is 18.2 Å². The third-order valence-corrected chi connectivity index (χ3v) is 3.84. The van der Waals surface area contributed by atoms with E-state index in [-0.39, 0.29) is 11.5 Å². The van der Waals surface area contributed by atoms with Gasteiger partial charge in [0.25, 0.3) is 5.91 Å². The fourth-order valence-corrected chi connectivity index (χ4v) is 2.41. The second kappa shape index (κ2) is 7.59. The third kappa shape index (κ3) is 4.05. The number of carbonyl (C=O) groups excluding carboxylic acids is 1. The number of hydrogen-bond donors (Lipinski definition) is 2. The highest BCUT2D eigenvalue weighted by atomic mass is 19.4. The topological polar surface area (TPSA) is 89.1 Å². The monoisotopic (exact) mass is 392 g/mol. The molecule has 0 unspecified atom stereocenters. The van der Waals surface area contributed by atoms with Crippen LogP contribution in [0.2, 0.25) is 0 Å². The van der Waals surface area contributed by atoms with Crippen LogP contribution in [0.1, 0.15) is 15.9 Å². The molecule has 3 aromatic rings. The molecule has 0 aliphatic heterocycles. The molecule has 0 bridgehead atoms. The van der Waals surface area contributed by atoms with Crippen molar-refractivity contribution in [3.63, 3.8) is 0 Å². The van der Waals surface area contributed by atoms with E-state index in [1.165, 1.54) is 14.2 Å². The van der Waals surface area contributed by atoms with Gasteiger partial charge in [0.05, 0.1) is 19.8 Å². The van der Waals surface area contributed by atoms with Crippen molar-refractivity contribution in [3.05, 3.63) is 53.6 Å². The smallest absolute Gasteiger partial charge is 0.416 e. The van der Waals surface area contributed by atoms with Crippen LogP contribution in [0.5, 0.6) is 11.5 Å². The number of aromatic amines is 1. The highest BCUT2D eigenvalue weighted by Crippen LogP contribution is 2.31. The Labute approximate surface area is 157 Å². The van der Waals surface area contributed by atoms with Crippen LogP contribution in [-0.4, -0.2) is 35.3 Å². The lowest BCUT2D eigenvalue weighted by Gasteiger charge is -2.08. The number of anilines is 1. The molecule has 0 radical (unpaired) electrons. The fourth-order valence-electron chi connectivity index (χ4n) is 2.41. The minimum atomic E-state index is -4.47. The van der Waals surface area contributed by atoms with Gasteiger partial charge in [-0.1, -0.05) is 0 Å². The van der Waals surface area contributed by atoms with Crippen molar-refractivity contribution in [1.82, 2.24) is 15.2 Å². The van der Waals surface area contributed by atoms with Gasteiger partial charge in [0, 0.05) is 11.1 Å². The zero-order valence-corrected chi connectivity index (χ0v) is 14.8. The number of nitrogens with zero attached hydrogens (tertiary/aromatic N) is 2. The Morgan fingerprint density at radius 3 is 2.32 bits per heavy atom. The zero-order valence-electron chi connectivity index (χ0n) is 14.8. The number of methoxy groups -OCH3 is 2. The first kappa shape index (κ1) is 19.2. The Bertz CT molecular complexity index is 984. The quantitative estimate of drug-likeness (QED) is 0.690. The summed E-state index contributed by atoms with van der Waals surface area (Å²) in [7, 11) is 3.01. The predicted octanol–water partition coefficient (Wildman–Crippen LogP) is 3.76. The molecule has 1 amide bonds. The van der Waals surface area contributed by atoms with Crippen molar-refractivity contribution in [3.8, 4) is 22.9 Å². The average molecular weight is 392 g/mol. The molecule has 3 rings (SSSR count). The molecule has 0 spiro atoms. The predicted molar refractivity (Wildman–Crippen MR) is 94.3 cm³/mol. The summed E-state index contributed by atoms with van der Waals surface area (Å²) >= 11 is 0. The SMILES string of the molecule is COc1ccc(-c2nc(NC(=O)c3ccc(C(F)(F)F)cc3)n[nH]2)cc1OC. The summed E-state index contributed by atoms with van der Waals surface area (Å²) in [5.41, 5.74) is -0.150. The highest BCUT2D eigenvalue weighted by Gasteiger charge is 2.30. The number of hydrogen-bond acceptors (Lipinski definition) is 5. The Kier molecular flexibility index (Phi) is 5.21. The van der Waals surface area contributed by atoms with Crippen molar-refractivity contribution in [2.75, 3.05) is 19.5 Å². The highest BCUT2D eigenvalue weighted by molar-refractivity contribution is 6.03. The molecule has 0 fully saturated rings. The largest absolute Gasteiger partial charge is 0.493 e. The number of rotatable bonds is 5. The van der Waals surface area contributed by atoms with Gasteiger partial charge in [-0.3, -0.25) is 15.2 Å². The summed E-state index contributed by atoms with van der Waals surface area (Å²) in [6.07, 6.45) is -4.47. The molecule has 1 heterocycles. The molecule has 146 valence electrons. The van der Waals surface area contributed by atoms with Gasteiger partial charge in [0.1, 0.15) is 0 Å². The molecule has 0 aliphatic rings. The Morgan fingerprint density at radius 1 is 1.04 bits per heavy atom. The maximum atomic E-state index is 12.6. The van der Waals surface area contributed by atoms with E-state index < -0.39 is 17.6 Å². The van der Waals surface area contributed by atoms with Crippen molar-refractivity contribution in [2.24, 2.45) is 0 Å². The van der Waals surface area contributed by atoms with Gasteiger partial charge in [-0.25, -0.2) is 0 Å². The number of ether oxygens (including phenoxy) is 2. The number of alkyl halides is 3. The fraction of sp³-hybridized carbons (Fsp3) is 0.167. The number of H-pyrrole nitrogens is 1. The first-order valence-electron chi connectivity index (χ1n) is 7.95. The summed E-state index contributed by atoms with van der Waals surface area (Å²) in [6.45, 7) is 0. The van der Waals surface area contributed by atoms with E-state index in [9.17, 15) is 18.0 Å². The van der Waals surface area contributed by atoms with E-state index in [4.69, 9.17) is 9.47 Å². The van der Waals surface area contributed by atoms with Crippen LogP contribution in [0.3, 0.4) is 0 Å². The van der Waals surface area contributed by atoms with Crippen LogP contribution in [0.25, 0.3) is 11.4 Å². The number of benzene rings is 2. The zero-order chi connectivity index (χ0) is 20.3. The van der Waals surface area contributed by atoms with Gasteiger partial charge < -0.3 is 9.47 Å². The van der Waals surface area contributed by atoms with Crippen LogP contribution >= 0.6 is 0 Å². The van der Waals surface area contributed by atoms with Gasteiger partial charge in [0.15, 0.2) is 17.3 Å². The molecule has 0 atom stereocenters. The van der Waals surface area contributed by atoms with Gasteiger partial charge in [-0.2, -0.15) is 18.2 Å². The maximum Gasteiger partial charge on any atom is 0.416 e. The van der Waals surface area contributed by atoms with Crippen LogP contribution in [0, 0.1) is 0 Å². The lowest BCUT2D eigenvalue weighted by atomic mass is 10.1. The standard InChI is InChI=1S/C18H15F3N4O3/c1-27-13-8-5-11(9-14(13)28-2)15-22-17(25-24-15)23-16(26)10-3-6-12(7-4-10)18(19,20)21/h3-9H,1-2H3,(H2,22,23,24,25,26). The Morgan fingerprint density at radius 2 is 1.71 bits per heavy atom. The van der Waals surface area contributed by atoms with E-state index in [0.717, 1.165) is 24.3 Å². The van der Waals surface area contributed by atoms with Gasteiger partial charge in [0.2, 0.25) is 5.95 Å². The number of nitrogens with one attached hydrogen (secondary N) is 2. The average Bonchev–Trinajstić information content (AvgIpc) is 3.15. The minimum absolute atomic E-state index is 0.0188. The molecule has 28 heavy (non-hydrogen) atoms. The maximum absolute atomic E-state index is 12.6. The second-order valence-corrected chi connectivity index (χ2v) is 5.61. The number of halogens is 3. The number of amides is 1. The summed E-state index contributed by atoms with van der Waals surface area (Å²) in [5.74, 6) is 0.748. The minimum Gasteiger partial charge on any atom is -0.493 e. The summed E-state index contributed by atoms with van der Waals surface area (Å²) in [6, 6.07) is 8.94. The summed E-state index contributed by atoms with van der Waals surface area (Å²) in [5, 5.41) is 9.00. The van der Waals surface area contributed by atoms with E-state index in [1.807, 2.05) is 0 Å². The van der Waals surface area contributed by atoms with Crippen LogP contribution in [0.15, 0.2) is 42.5 Å². The molecule has 2 N–H and O–H groups in total. The van der Waals surface area contributed by atoms with Gasteiger partial charge >= 0.3 is 6.18 Å². The van der Waals surface area contributed by atoms with Crippen LogP contribution < -0.4 is 14.8 Å². The van der Waals surface area contributed by atoms with Gasteiger partial charge in [-0.15, -0.1) is 5.10 Å². The van der Waals surface area contributed by atoms with Crippen LogP contribution in [0.4, 0.5) is 19.1 Å². The van der Waals surface area contributed by atoms with E-state index in [2.05, 4.69) is 20.5 Å². The second-order valence-electron chi connectivity index (χ2n) is 5.61. The third-order valence-electron chi connectivity index (χ3n) is 3.84. The molecule has 0 aliphatic carbocycles. The molecule has 10 heteroatoms. The Hall–Kier alpha value is -3.56. The molecule has 7 nitrogen and oxygen atoms in total. The number of aromatic nitrogens is 3. The normalized spacial score (nSPS) is 11.2. The van der Waals surface area contributed by atoms with Crippen molar-refractivity contribution in [2.45, 2.75) is 6.18 Å². The van der Waals surface area contributed by atoms with E-state index in [0.29, 0.717) is 22.9 Å². The summed E-state index contributed by atoms with van der Waals surface area (Å²) < 4.78 is 48.2. The van der Waals surface area contributed by atoms with Crippen molar-refractivity contribution >= 4 is 11.9 Å². The Balaban J connectivity index is 1.75. The number of carbonyl (C=O) groups is 1. The first-order chi connectivity index (χ1) is 13.3. The summed E-state index contributed by atoms with van der Waals surface area (Å²) in [4.78, 5) is 16.3. The molecule has 0 saturated carbocycles. The molecule has 1 aromatic heterocycles. The molecule has 0 saturated heterocycles. The first-order valence-corrected chi connectivity index (χ1v) is 7.95. The lowest BCUT2D eigenvalue weighted by Crippen LogP contribution is -2.13. The van der Waals surface area contributed by atoms with Crippen LogP contribution in [-0.2, 0) is 6.18 Å².